The van der Waals surface area contributed by atoms with Crippen LogP contribution in [0.15, 0.2) is 41.1 Å². The number of benzene rings is 1. The summed E-state index contributed by atoms with van der Waals surface area (Å²) in [6, 6.07) is 9.84. The number of amides is 1. The smallest absolute Gasteiger partial charge is 0.255 e. The van der Waals surface area contributed by atoms with E-state index in [1.807, 2.05) is 29.0 Å². The minimum Gasteiger partial charge on any atom is -0.321 e. The monoisotopic (exact) mass is 286 g/mol. The lowest BCUT2D eigenvalue weighted by Crippen LogP contribution is -2.18. The van der Waals surface area contributed by atoms with Gasteiger partial charge < -0.3 is 5.32 Å². The van der Waals surface area contributed by atoms with Gasteiger partial charge in [-0.1, -0.05) is 12.1 Å². The predicted molar refractivity (Wildman–Crippen MR) is 83.2 cm³/mol. The maximum atomic E-state index is 12.1. The number of nitrogens with zero attached hydrogens (tertiary/aromatic N) is 1. The van der Waals surface area contributed by atoms with Crippen LogP contribution in [-0.2, 0) is 6.54 Å². The van der Waals surface area contributed by atoms with Gasteiger partial charge in [-0.05, 0) is 55.1 Å². The average molecular weight is 286 g/mol. The van der Waals surface area contributed by atoms with E-state index in [0.29, 0.717) is 5.56 Å². The Labute approximate surface area is 123 Å². The fourth-order valence-electron chi connectivity index (χ4n) is 2.50. The molecule has 0 saturated carbocycles. The summed E-state index contributed by atoms with van der Waals surface area (Å²) in [4.78, 5) is 14.5. The van der Waals surface area contributed by atoms with Crippen LogP contribution in [-0.4, -0.2) is 23.9 Å². The van der Waals surface area contributed by atoms with E-state index < -0.39 is 0 Å². The number of hydrogen-bond donors (Lipinski definition) is 1. The number of likely N-dealkylation sites (tertiary alicyclic amines) is 1. The van der Waals surface area contributed by atoms with Gasteiger partial charge >= 0.3 is 0 Å². The van der Waals surface area contributed by atoms with E-state index in [4.69, 9.17) is 0 Å². The number of anilines is 1. The molecule has 1 saturated heterocycles. The van der Waals surface area contributed by atoms with E-state index in [2.05, 4.69) is 22.3 Å². The van der Waals surface area contributed by atoms with Gasteiger partial charge in [0.1, 0.15) is 0 Å². The molecule has 0 bridgehead atoms. The summed E-state index contributed by atoms with van der Waals surface area (Å²) in [5, 5.41) is 6.78. The van der Waals surface area contributed by atoms with Gasteiger partial charge in [0.05, 0.1) is 5.69 Å². The maximum absolute atomic E-state index is 12.1. The molecule has 0 unspecified atom stereocenters. The van der Waals surface area contributed by atoms with Crippen LogP contribution in [0.1, 0.15) is 28.8 Å². The second-order valence-electron chi connectivity index (χ2n) is 5.15. The molecule has 2 aromatic rings. The van der Waals surface area contributed by atoms with Crippen molar-refractivity contribution in [2.75, 3.05) is 18.4 Å². The van der Waals surface area contributed by atoms with Gasteiger partial charge in [-0.2, -0.15) is 11.3 Å². The fourth-order valence-corrected chi connectivity index (χ4v) is 3.09. The Kier molecular flexibility index (Phi) is 4.14. The molecular weight excluding hydrogens is 268 g/mol. The van der Waals surface area contributed by atoms with Crippen LogP contribution in [0.3, 0.4) is 0 Å². The molecule has 4 heteroatoms. The third-order valence-corrected chi connectivity index (χ3v) is 4.28. The third kappa shape index (κ3) is 3.26. The Morgan fingerprint density at radius 3 is 2.55 bits per heavy atom. The summed E-state index contributed by atoms with van der Waals surface area (Å²) in [5.74, 6) is -0.0453. The van der Waals surface area contributed by atoms with E-state index in [-0.39, 0.29) is 5.91 Å². The zero-order valence-corrected chi connectivity index (χ0v) is 12.2. The molecule has 3 nitrogen and oxygen atoms in total. The third-order valence-electron chi connectivity index (χ3n) is 3.60. The van der Waals surface area contributed by atoms with E-state index in [1.54, 1.807) is 11.3 Å². The molecule has 3 rings (SSSR count). The average Bonchev–Trinajstić information content (AvgIpc) is 3.13. The molecule has 104 valence electrons. The highest BCUT2D eigenvalue weighted by Gasteiger charge is 2.12. The fraction of sp³-hybridized carbons (Fsp3) is 0.312. The van der Waals surface area contributed by atoms with Gasteiger partial charge in [0, 0.05) is 17.5 Å². The lowest BCUT2D eigenvalue weighted by Gasteiger charge is -2.14. The van der Waals surface area contributed by atoms with Crippen molar-refractivity contribution in [3.8, 4) is 0 Å². The first-order valence-corrected chi connectivity index (χ1v) is 7.90. The Bertz CT molecular complexity index is 557. The van der Waals surface area contributed by atoms with E-state index >= 15 is 0 Å². The molecule has 1 aliphatic rings. The van der Waals surface area contributed by atoms with Gasteiger partial charge in [0.25, 0.3) is 5.91 Å². The van der Waals surface area contributed by atoms with Gasteiger partial charge in [-0.15, -0.1) is 0 Å². The van der Waals surface area contributed by atoms with Crippen LogP contribution in [0.4, 0.5) is 5.69 Å². The second kappa shape index (κ2) is 6.20. The molecule has 1 aromatic carbocycles. The maximum Gasteiger partial charge on any atom is 0.255 e. The Hall–Kier alpha value is -1.65. The minimum absolute atomic E-state index is 0.0453. The van der Waals surface area contributed by atoms with Crippen molar-refractivity contribution in [2.45, 2.75) is 19.4 Å². The number of nitrogens with one attached hydrogen (secondary N) is 1. The standard InChI is InChI=1S/C16H18N2OS/c19-16(17-15-7-10-20-12-15)14-5-3-13(4-6-14)11-18-8-1-2-9-18/h3-7,10,12H,1-2,8-9,11H2,(H,17,19). The number of thiophene rings is 1. The molecule has 1 fully saturated rings. The molecular formula is C16H18N2OS. The van der Waals surface area contributed by atoms with Crippen LogP contribution in [0.2, 0.25) is 0 Å². The summed E-state index contributed by atoms with van der Waals surface area (Å²) in [6.07, 6.45) is 2.61. The topological polar surface area (TPSA) is 32.3 Å². The molecule has 1 aromatic heterocycles. The summed E-state index contributed by atoms with van der Waals surface area (Å²) < 4.78 is 0. The molecule has 0 spiro atoms. The summed E-state index contributed by atoms with van der Waals surface area (Å²) in [6.45, 7) is 3.38. The largest absolute Gasteiger partial charge is 0.321 e. The molecule has 1 aliphatic heterocycles. The van der Waals surface area contributed by atoms with Crippen LogP contribution in [0, 0.1) is 0 Å². The van der Waals surface area contributed by atoms with Crippen molar-refractivity contribution in [2.24, 2.45) is 0 Å². The van der Waals surface area contributed by atoms with E-state index in [0.717, 1.165) is 12.2 Å². The predicted octanol–water partition coefficient (Wildman–Crippen LogP) is 3.60. The number of rotatable bonds is 4. The van der Waals surface area contributed by atoms with Crippen molar-refractivity contribution in [3.05, 3.63) is 52.2 Å². The van der Waals surface area contributed by atoms with Crippen molar-refractivity contribution >= 4 is 22.9 Å². The zero-order chi connectivity index (χ0) is 13.8. The van der Waals surface area contributed by atoms with E-state index in [9.17, 15) is 4.79 Å². The number of hydrogen-bond acceptors (Lipinski definition) is 3. The van der Waals surface area contributed by atoms with Crippen LogP contribution in [0.5, 0.6) is 0 Å². The van der Waals surface area contributed by atoms with Gasteiger partial charge in [0.15, 0.2) is 0 Å². The van der Waals surface area contributed by atoms with Gasteiger partial charge in [0.2, 0.25) is 0 Å². The van der Waals surface area contributed by atoms with Gasteiger partial charge in [-0.3, -0.25) is 9.69 Å². The molecule has 20 heavy (non-hydrogen) atoms. The number of carbonyl (C=O) groups is 1. The SMILES string of the molecule is O=C(Nc1ccsc1)c1ccc(CN2CCCC2)cc1. The molecule has 2 heterocycles. The highest BCUT2D eigenvalue weighted by Crippen LogP contribution is 2.15. The highest BCUT2D eigenvalue weighted by atomic mass is 32.1. The second-order valence-corrected chi connectivity index (χ2v) is 5.93. The van der Waals surface area contributed by atoms with Crippen molar-refractivity contribution in [1.82, 2.24) is 4.90 Å². The molecule has 0 atom stereocenters. The Morgan fingerprint density at radius 2 is 1.90 bits per heavy atom. The van der Waals surface area contributed by atoms with Crippen LogP contribution in [0.25, 0.3) is 0 Å². The highest BCUT2D eigenvalue weighted by molar-refractivity contribution is 7.08. The van der Waals surface area contributed by atoms with Gasteiger partial charge in [-0.25, -0.2) is 0 Å². The van der Waals surface area contributed by atoms with Crippen molar-refractivity contribution < 1.29 is 4.79 Å². The van der Waals surface area contributed by atoms with Crippen molar-refractivity contribution in [1.29, 1.82) is 0 Å². The summed E-state index contributed by atoms with van der Waals surface area (Å²) in [7, 11) is 0. The Balaban J connectivity index is 1.61. The molecule has 1 amide bonds. The molecule has 1 N–H and O–H groups in total. The van der Waals surface area contributed by atoms with Crippen molar-refractivity contribution in [3.63, 3.8) is 0 Å². The van der Waals surface area contributed by atoms with Crippen LogP contribution < -0.4 is 5.32 Å². The normalized spacial score (nSPS) is 15.4. The lowest BCUT2D eigenvalue weighted by atomic mass is 10.1. The van der Waals surface area contributed by atoms with E-state index in [1.165, 1.54) is 31.5 Å². The number of carbonyl (C=O) groups excluding carboxylic acids is 1. The zero-order valence-electron chi connectivity index (χ0n) is 11.3. The lowest BCUT2D eigenvalue weighted by molar-refractivity contribution is 0.102. The minimum atomic E-state index is -0.0453. The first-order valence-electron chi connectivity index (χ1n) is 6.96. The molecule has 0 radical (unpaired) electrons. The Morgan fingerprint density at radius 1 is 1.15 bits per heavy atom. The van der Waals surface area contributed by atoms with Crippen LogP contribution >= 0.6 is 11.3 Å². The quantitative estimate of drug-likeness (QED) is 0.931. The first-order chi connectivity index (χ1) is 9.81. The summed E-state index contributed by atoms with van der Waals surface area (Å²) in [5.41, 5.74) is 2.85. The molecule has 0 aliphatic carbocycles. The first kappa shape index (κ1) is 13.3. The summed E-state index contributed by atoms with van der Waals surface area (Å²) >= 11 is 1.58.